The predicted molar refractivity (Wildman–Crippen MR) is 129 cm³/mol. The van der Waals surface area contributed by atoms with Gasteiger partial charge in [-0.05, 0) is 63.2 Å². The van der Waals surface area contributed by atoms with Crippen molar-refractivity contribution in [1.82, 2.24) is 5.43 Å². The number of nitrogens with one attached hydrogen (secondary N) is 2. The lowest BCUT2D eigenvalue weighted by Gasteiger charge is -2.11. The Hall–Kier alpha value is -4.46. The zero-order valence-corrected chi connectivity index (χ0v) is 19.3. The molecule has 174 valence electrons. The van der Waals surface area contributed by atoms with Crippen molar-refractivity contribution in [3.8, 4) is 11.5 Å². The zero-order valence-electron chi connectivity index (χ0n) is 19.3. The Balaban J connectivity index is 1.66. The standard InChI is InChI=1S/C26H25N3O5/c1-16-8-11-21(12-9-16)27-24(30)25(31)29-28-18(3)19-10-13-22(23(15-19)33-4)34-26(32)20-7-5-6-17(2)14-20/h5-15H,1-4H3,(H,27,30)(H,29,31). The average molecular weight is 460 g/mol. The summed E-state index contributed by atoms with van der Waals surface area (Å²) in [5.74, 6) is -1.69. The second-order valence-corrected chi connectivity index (χ2v) is 7.58. The summed E-state index contributed by atoms with van der Waals surface area (Å²) >= 11 is 0. The van der Waals surface area contributed by atoms with E-state index in [2.05, 4.69) is 15.8 Å². The first-order valence-corrected chi connectivity index (χ1v) is 10.5. The van der Waals surface area contributed by atoms with E-state index >= 15 is 0 Å². The van der Waals surface area contributed by atoms with E-state index < -0.39 is 17.8 Å². The molecule has 0 radical (unpaired) electrons. The summed E-state index contributed by atoms with van der Waals surface area (Å²) in [5, 5.41) is 6.49. The van der Waals surface area contributed by atoms with Crippen LogP contribution in [0.1, 0.15) is 34.0 Å². The van der Waals surface area contributed by atoms with Crippen LogP contribution >= 0.6 is 0 Å². The third kappa shape index (κ3) is 6.29. The SMILES string of the molecule is COc1cc(C(C)=NNC(=O)C(=O)Nc2ccc(C)cc2)ccc1OC(=O)c1cccc(C)c1. The second-order valence-electron chi connectivity index (χ2n) is 7.58. The minimum atomic E-state index is -0.907. The van der Waals surface area contributed by atoms with Gasteiger partial charge in [-0.2, -0.15) is 5.10 Å². The van der Waals surface area contributed by atoms with Crippen LogP contribution in [0.2, 0.25) is 0 Å². The fourth-order valence-electron chi connectivity index (χ4n) is 2.98. The van der Waals surface area contributed by atoms with Gasteiger partial charge < -0.3 is 14.8 Å². The number of anilines is 1. The van der Waals surface area contributed by atoms with Crippen molar-refractivity contribution in [2.24, 2.45) is 5.10 Å². The first-order chi connectivity index (χ1) is 16.3. The number of nitrogens with zero attached hydrogens (tertiary/aromatic N) is 1. The number of esters is 1. The summed E-state index contributed by atoms with van der Waals surface area (Å²) < 4.78 is 10.8. The van der Waals surface area contributed by atoms with Gasteiger partial charge >= 0.3 is 17.8 Å². The Morgan fingerprint density at radius 3 is 2.21 bits per heavy atom. The molecule has 0 aromatic heterocycles. The van der Waals surface area contributed by atoms with Crippen LogP contribution in [0.25, 0.3) is 0 Å². The number of aryl methyl sites for hydroxylation is 2. The van der Waals surface area contributed by atoms with Gasteiger partial charge in [-0.15, -0.1) is 0 Å². The summed E-state index contributed by atoms with van der Waals surface area (Å²) in [6, 6.07) is 19.0. The van der Waals surface area contributed by atoms with Crippen molar-refractivity contribution >= 4 is 29.2 Å². The number of amides is 2. The number of ether oxygens (including phenoxy) is 2. The molecule has 0 saturated heterocycles. The van der Waals surface area contributed by atoms with E-state index in [1.807, 2.05) is 32.0 Å². The number of rotatable bonds is 6. The number of hydrogen-bond donors (Lipinski definition) is 2. The Morgan fingerprint density at radius 1 is 0.794 bits per heavy atom. The maximum absolute atomic E-state index is 12.5. The zero-order chi connectivity index (χ0) is 24.7. The molecule has 3 aromatic carbocycles. The highest BCUT2D eigenvalue weighted by atomic mass is 16.6. The molecule has 2 amide bonds. The van der Waals surface area contributed by atoms with Crippen LogP contribution in [0.3, 0.4) is 0 Å². The van der Waals surface area contributed by atoms with Crippen molar-refractivity contribution in [2.75, 3.05) is 12.4 Å². The fraction of sp³-hybridized carbons (Fsp3) is 0.154. The third-order valence-electron chi connectivity index (χ3n) is 4.88. The van der Waals surface area contributed by atoms with Crippen LogP contribution in [0.15, 0.2) is 71.8 Å². The first kappa shape index (κ1) is 24.2. The molecular formula is C26H25N3O5. The number of carbonyl (C=O) groups is 3. The summed E-state index contributed by atoms with van der Waals surface area (Å²) in [4.78, 5) is 36.6. The van der Waals surface area contributed by atoms with E-state index in [0.717, 1.165) is 11.1 Å². The summed E-state index contributed by atoms with van der Waals surface area (Å²) in [6.07, 6.45) is 0. The molecule has 8 nitrogen and oxygen atoms in total. The van der Waals surface area contributed by atoms with Crippen LogP contribution in [0, 0.1) is 13.8 Å². The minimum Gasteiger partial charge on any atom is -0.493 e. The molecule has 0 atom stereocenters. The monoisotopic (exact) mass is 459 g/mol. The van der Waals surface area contributed by atoms with E-state index in [1.165, 1.54) is 7.11 Å². The molecule has 0 saturated carbocycles. The number of hydrogen-bond acceptors (Lipinski definition) is 6. The number of benzene rings is 3. The topological polar surface area (TPSA) is 106 Å². The molecule has 0 aliphatic carbocycles. The van der Waals surface area contributed by atoms with Crippen molar-refractivity contribution in [1.29, 1.82) is 0 Å². The Bertz CT molecular complexity index is 1250. The van der Waals surface area contributed by atoms with Crippen molar-refractivity contribution < 1.29 is 23.9 Å². The molecular weight excluding hydrogens is 434 g/mol. The Labute approximate surface area is 197 Å². The maximum Gasteiger partial charge on any atom is 0.343 e. The predicted octanol–water partition coefficient (Wildman–Crippen LogP) is 4.01. The second kappa shape index (κ2) is 10.9. The largest absolute Gasteiger partial charge is 0.493 e. The van der Waals surface area contributed by atoms with Crippen LogP contribution in [-0.2, 0) is 9.59 Å². The molecule has 0 spiro atoms. The first-order valence-electron chi connectivity index (χ1n) is 10.5. The number of carbonyl (C=O) groups excluding carboxylic acids is 3. The Kier molecular flexibility index (Phi) is 7.76. The molecule has 0 aliphatic rings. The van der Waals surface area contributed by atoms with E-state index in [-0.39, 0.29) is 5.75 Å². The lowest BCUT2D eigenvalue weighted by molar-refractivity contribution is -0.136. The van der Waals surface area contributed by atoms with Crippen LogP contribution in [0.4, 0.5) is 5.69 Å². The molecule has 0 unspecified atom stereocenters. The van der Waals surface area contributed by atoms with Gasteiger partial charge in [0, 0.05) is 11.3 Å². The smallest absolute Gasteiger partial charge is 0.343 e. The minimum absolute atomic E-state index is 0.243. The third-order valence-corrected chi connectivity index (χ3v) is 4.88. The molecule has 2 N–H and O–H groups in total. The molecule has 0 fully saturated rings. The summed E-state index contributed by atoms with van der Waals surface area (Å²) in [6.45, 7) is 5.47. The van der Waals surface area contributed by atoms with E-state index in [9.17, 15) is 14.4 Å². The highest BCUT2D eigenvalue weighted by molar-refractivity contribution is 6.39. The lowest BCUT2D eigenvalue weighted by Crippen LogP contribution is -2.32. The quantitative estimate of drug-likeness (QED) is 0.190. The fourth-order valence-corrected chi connectivity index (χ4v) is 2.98. The van der Waals surface area contributed by atoms with Gasteiger partial charge in [0.15, 0.2) is 11.5 Å². The van der Waals surface area contributed by atoms with Gasteiger partial charge in [-0.3, -0.25) is 9.59 Å². The van der Waals surface area contributed by atoms with Crippen molar-refractivity contribution in [3.63, 3.8) is 0 Å². The number of hydrazone groups is 1. The Morgan fingerprint density at radius 2 is 1.53 bits per heavy atom. The molecule has 0 aliphatic heterocycles. The molecule has 3 rings (SSSR count). The van der Waals surface area contributed by atoms with Gasteiger partial charge in [0.1, 0.15) is 0 Å². The molecule has 0 bridgehead atoms. The van der Waals surface area contributed by atoms with Crippen LogP contribution < -0.4 is 20.2 Å². The van der Waals surface area contributed by atoms with Crippen LogP contribution in [0.5, 0.6) is 11.5 Å². The van der Waals surface area contributed by atoms with Crippen molar-refractivity contribution in [3.05, 3.63) is 89.0 Å². The van der Waals surface area contributed by atoms with Gasteiger partial charge in [0.25, 0.3) is 0 Å². The van der Waals surface area contributed by atoms with Gasteiger partial charge in [0.2, 0.25) is 0 Å². The van der Waals surface area contributed by atoms with Gasteiger partial charge in [0.05, 0.1) is 18.4 Å². The molecule has 0 heterocycles. The number of methoxy groups -OCH3 is 1. The highest BCUT2D eigenvalue weighted by Gasteiger charge is 2.15. The molecule has 8 heteroatoms. The molecule has 3 aromatic rings. The summed E-state index contributed by atoms with van der Waals surface area (Å²) in [5.41, 5.74) is 6.17. The van der Waals surface area contributed by atoms with Crippen LogP contribution in [-0.4, -0.2) is 30.6 Å². The van der Waals surface area contributed by atoms with E-state index in [0.29, 0.717) is 28.3 Å². The van der Waals surface area contributed by atoms with Gasteiger partial charge in [-0.1, -0.05) is 35.4 Å². The van der Waals surface area contributed by atoms with E-state index in [4.69, 9.17) is 9.47 Å². The maximum atomic E-state index is 12.5. The molecule has 34 heavy (non-hydrogen) atoms. The average Bonchev–Trinajstić information content (AvgIpc) is 2.83. The summed E-state index contributed by atoms with van der Waals surface area (Å²) in [7, 11) is 1.45. The van der Waals surface area contributed by atoms with Crippen molar-refractivity contribution in [2.45, 2.75) is 20.8 Å². The van der Waals surface area contributed by atoms with E-state index in [1.54, 1.807) is 55.5 Å². The lowest BCUT2D eigenvalue weighted by atomic mass is 10.1. The normalized spacial score (nSPS) is 10.9. The highest BCUT2D eigenvalue weighted by Crippen LogP contribution is 2.29. The van der Waals surface area contributed by atoms with Gasteiger partial charge in [-0.25, -0.2) is 10.2 Å².